The van der Waals surface area contributed by atoms with Crippen molar-refractivity contribution in [1.82, 2.24) is 24.8 Å². The predicted octanol–water partition coefficient (Wildman–Crippen LogP) is 2.74. The third-order valence-electron chi connectivity index (χ3n) is 5.78. The Morgan fingerprint density at radius 2 is 2.00 bits per heavy atom. The standard InChI is InChI=1S/C23H27N5O3/c1-3-4-12-28-21(29)14-18(22(28)16-8-10-17(31-2)11-9-16)23(30)24-15-20-26-25-19-7-5-6-13-27(19)20/h5-11,13,18,22H,3-4,12,14-15H2,1-2H3,(H,24,30)/t18-,22+/m1/s1. The quantitative estimate of drug-likeness (QED) is 0.604. The fourth-order valence-corrected chi connectivity index (χ4v) is 4.14. The van der Waals surface area contributed by atoms with E-state index in [-0.39, 0.29) is 30.8 Å². The van der Waals surface area contributed by atoms with Crippen LogP contribution in [0.2, 0.25) is 0 Å². The van der Waals surface area contributed by atoms with Crippen LogP contribution in [0.1, 0.15) is 43.6 Å². The average Bonchev–Trinajstić information content (AvgIpc) is 3.37. The topological polar surface area (TPSA) is 88.8 Å². The summed E-state index contributed by atoms with van der Waals surface area (Å²) in [5.41, 5.74) is 1.67. The summed E-state index contributed by atoms with van der Waals surface area (Å²) in [6.07, 6.45) is 3.95. The maximum Gasteiger partial charge on any atom is 0.226 e. The summed E-state index contributed by atoms with van der Waals surface area (Å²) in [7, 11) is 1.62. The number of carbonyl (C=O) groups is 2. The maximum absolute atomic E-state index is 13.2. The van der Waals surface area contributed by atoms with Crippen molar-refractivity contribution in [3.8, 4) is 5.75 Å². The lowest BCUT2D eigenvalue weighted by molar-refractivity contribution is -0.129. The second-order valence-corrected chi connectivity index (χ2v) is 7.73. The van der Waals surface area contributed by atoms with Gasteiger partial charge in [-0.15, -0.1) is 10.2 Å². The second kappa shape index (κ2) is 9.16. The van der Waals surface area contributed by atoms with E-state index in [1.165, 1.54) is 0 Å². The maximum atomic E-state index is 13.2. The van der Waals surface area contributed by atoms with Crippen LogP contribution in [0.15, 0.2) is 48.7 Å². The number of likely N-dealkylation sites (tertiary alicyclic amines) is 1. The van der Waals surface area contributed by atoms with Gasteiger partial charge in [0, 0.05) is 19.2 Å². The first-order valence-corrected chi connectivity index (χ1v) is 10.6. The molecule has 4 rings (SSSR count). The van der Waals surface area contributed by atoms with Crippen molar-refractivity contribution in [3.05, 3.63) is 60.0 Å². The summed E-state index contributed by atoms with van der Waals surface area (Å²) in [5.74, 6) is 0.796. The number of ether oxygens (including phenoxy) is 1. The van der Waals surface area contributed by atoms with Gasteiger partial charge < -0.3 is 15.0 Å². The van der Waals surface area contributed by atoms with E-state index in [1.54, 1.807) is 7.11 Å². The number of benzene rings is 1. The number of fused-ring (bicyclic) bond motifs is 1. The normalized spacial score (nSPS) is 18.5. The number of unbranched alkanes of at least 4 members (excludes halogenated alkanes) is 1. The number of aromatic nitrogens is 3. The summed E-state index contributed by atoms with van der Waals surface area (Å²) in [4.78, 5) is 27.8. The SMILES string of the molecule is CCCCN1C(=O)C[C@@H](C(=O)NCc2nnc3ccccn23)[C@@H]1c1ccc(OC)cc1. The number of pyridine rings is 1. The van der Waals surface area contributed by atoms with Crippen molar-refractivity contribution in [2.24, 2.45) is 5.92 Å². The van der Waals surface area contributed by atoms with Gasteiger partial charge in [0.1, 0.15) is 5.75 Å². The molecule has 8 heteroatoms. The molecule has 0 spiro atoms. The molecule has 1 saturated heterocycles. The molecule has 0 saturated carbocycles. The van der Waals surface area contributed by atoms with Crippen molar-refractivity contribution in [2.75, 3.05) is 13.7 Å². The van der Waals surface area contributed by atoms with Crippen LogP contribution in [0.3, 0.4) is 0 Å². The Balaban J connectivity index is 1.54. The van der Waals surface area contributed by atoms with Crippen LogP contribution in [0.5, 0.6) is 5.75 Å². The molecule has 2 amide bonds. The summed E-state index contributed by atoms with van der Waals surface area (Å²) < 4.78 is 7.10. The molecule has 3 heterocycles. The molecule has 2 atom stereocenters. The molecular formula is C23H27N5O3. The zero-order valence-corrected chi connectivity index (χ0v) is 17.8. The van der Waals surface area contributed by atoms with Crippen LogP contribution < -0.4 is 10.1 Å². The Labute approximate surface area is 181 Å². The Morgan fingerprint density at radius 1 is 1.19 bits per heavy atom. The first kappa shape index (κ1) is 20.8. The van der Waals surface area contributed by atoms with Crippen LogP contribution in [-0.2, 0) is 16.1 Å². The van der Waals surface area contributed by atoms with Gasteiger partial charge in [-0.25, -0.2) is 0 Å². The minimum absolute atomic E-state index is 0.0161. The van der Waals surface area contributed by atoms with Gasteiger partial charge in [-0.3, -0.25) is 14.0 Å². The molecule has 3 aromatic rings. The summed E-state index contributed by atoms with van der Waals surface area (Å²) >= 11 is 0. The number of nitrogens with zero attached hydrogens (tertiary/aromatic N) is 4. The van der Waals surface area contributed by atoms with Gasteiger partial charge in [0.25, 0.3) is 0 Å². The van der Waals surface area contributed by atoms with Crippen LogP contribution in [0.4, 0.5) is 0 Å². The number of amides is 2. The van der Waals surface area contributed by atoms with Gasteiger partial charge in [0.05, 0.1) is 25.6 Å². The molecule has 0 aliphatic carbocycles. The zero-order chi connectivity index (χ0) is 21.8. The number of hydrogen-bond acceptors (Lipinski definition) is 5. The Kier molecular flexibility index (Phi) is 6.16. The first-order chi connectivity index (χ1) is 15.1. The second-order valence-electron chi connectivity index (χ2n) is 7.73. The molecule has 162 valence electrons. The molecule has 0 unspecified atom stereocenters. The van der Waals surface area contributed by atoms with Crippen LogP contribution in [-0.4, -0.2) is 45.0 Å². The zero-order valence-electron chi connectivity index (χ0n) is 17.8. The molecular weight excluding hydrogens is 394 g/mol. The lowest BCUT2D eigenvalue weighted by atomic mass is 9.92. The lowest BCUT2D eigenvalue weighted by Gasteiger charge is -2.28. The lowest BCUT2D eigenvalue weighted by Crippen LogP contribution is -2.36. The van der Waals surface area contributed by atoms with E-state index in [9.17, 15) is 9.59 Å². The van der Waals surface area contributed by atoms with Gasteiger partial charge in [-0.2, -0.15) is 0 Å². The number of methoxy groups -OCH3 is 1. The van der Waals surface area contributed by atoms with E-state index in [2.05, 4.69) is 22.4 Å². The first-order valence-electron chi connectivity index (χ1n) is 10.6. The molecule has 1 N–H and O–H groups in total. The highest BCUT2D eigenvalue weighted by atomic mass is 16.5. The summed E-state index contributed by atoms with van der Waals surface area (Å²) in [6.45, 7) is 2.99. The van der Waals surface area contributed by atoms with Gasteiger partial charge in [-0.05, 0) is 36.2 Å². The molecule has 8 nitrogen and oxygen atoms in total. The van der Waals surface area contributed by atoms with E-state index < -0.39 is 5.92 Å². The molecule has 1 fully saturated rings. The number of rotatable bonds is 8. The molecule has 1 aliphatic rings. The van der Waals surface area contributed by atoms with Gasteiger partial charge in [0.15, 0.2) is 11.5 Å². The van der Waals surface area contributed by atoms with E-state index in [0.717, 1.165) is 29.8 Å². The fourth-order valence-electron chi connectivity index (χ4n) is 4.14. The number of carbonyl (C=O) groups excluding carboxylic acids is 2. The van der Waals surface area contributed by atoms with E-state index >= 15 is 0 Å². The van der Waals surface area contributed by atoms with Gasteiger partial charge >= 0.3 is 0 Å². The highest BCUT2D eigenvalue weighted by Gasteiger charge is 2.44. The van der Waals surface area contributed by atoms with Crippen LogP contribution >= 0.6 is 0 Å². The molecule has 1 aromatic carbocycles. The summed E-state index contributed by atoms with van der Waals surface area (Å²) in [6, 6.07) is 13.0. The highest BCUT2D eigenvalue weighted by Crippen LogP contribution is 2.39. The Bertz CT molecular complexity index is 1060. The molecule has 1 aliphatic heterocycles. The minimum Gasteiger partial charge on any atom is -0.497 e. The van der Waals surface area contributed by atoms with Crippen molar-refractivity contribution in [1.29, 1.82) is 0 Å². The molecule has 2 aromatic heterocycles. The number of hydrogen-bond donors (Lipinski definition) is 1. The highest BCUT2D eigenvalue weighted by molar-refractivity contribution is 5.90. The monoisotopic (exact) mass is 421 g/mol. The average molecular weight is 422 g/mol. The smallest absolute Gasteiger partial charge is 0.226 e. The third-order valence-corrected chi connectivity index (χ3v) is 5.78. The minimum atomic E-state index is -0.461. The largest absolute Gasteiger partial charge is 0.497 e. The van der Waals surface area contributed by atoms with Crippen molar-refractivity contribution < 1.29 is 14.3 Å². The van der Waals surface area contributed by atoms with E-state index in [4.69, 9.17) is 4.74 Å². The summed E-state index contributed by atoms with van der Waals surface area (Å²) in [5, 5.41) is 11.3. The Morgan fingerprint density at radius 3 is 2.74 bits per heavy atom. The van der Waals surface area contributed by atoms with Crippen molar-refractivity contribution in [3.63, 3.8) is 0 Å². The number of nitrogens with one attached hydrogen (secondary N) is 1. The molecule has 31 heavy (non-hydrogen) atoms. The van der Waals surface area contributed by atoms with E-state index in [0.29, 0.717) is 12.4 Å². The van der Waals surface area contributed by atoms with Crippen molar-refractivity contribution in [2.45, 2.75) is 38.8 Å². The molecule has 0 radical (unpaired) electrons. The van der Waals surface area contributed by atoms with Crippen LogP contribution in [0.25, 0.3) is 5.65 Å². The van der Waals surface area contributed by atoms with Gasteiger partial charge in [0.2, 0.25) is 11.8 Å². The fraction of sp³-hybridized carbons (Fsp3) is 0.391. The Hall–Kier alpha value is -3.42. The van der Waals surface area contributed by atoms with E-state index in [1.807, 2.05) is 58.0 Å². The van der Waals surface area contributed by atoms with Gasteiger partial charge in [-0.1, -0.05) is 31.5 Å². The van der Waals surface area contributed by atoms with Crippen LogP contribution in [0, 0.1) is 5.92 Å². The predicted molar refractivity (Wildman–Crippen MR) is 115 cm³/mol. The third kappa shape index (κ3) is 4.23. The van der Waals surface area contributed by atoms with Crippen molar-refractivity contribution >= 4 is 17.5 Å². The molecule has 0 bridgehead atoms.